The molecule has 1 heteroatoms. The van der Waals surface area contributed by atoms with Gasteiger partial charge in [-0.15, -0.1) is 0 Å². The summed E-state index contributed by atoms with van der Waals surface area (Å²) in [7, 11) is 0. The van der Waals surface area contributed by atoms with Crippen molar-refractivity contribution in [2.45, 2.75) is 10.8 Å². The monoisotopic (exact) mass is 698 g/mol. The molecule has 0 saturated carbocycles. The summed E-state index contributed by atoms with van der Waals surface area (Å²) in [5, 5.41) is 2.54. The van der Waals surface area contributed by atoms with Crippen molar-refractivity contribution >= 4 is 10.8 Å². The summed E-state index contributed by atoms with van der Waals surface area (Å²) in [5.74, 6) is 1.76. The van der Waals surface area contributed by atoms with Gasteiger partial charge in [0.05, 0.1) is 10.8 Å². The molecule has 9 aromatic carbocycles. The van der Waals surface area contributed by atoms with Crippen LogP contribution >= 0.6 is 0 Å². The second-order valence-corrected chi connectivity index (χ2v) is 15.1. The van der Waals surface area contributed by atoms with E-state index in [1.165, 1.54) is 72.0 Å². The van der Waals surface area contributed by atoms with Crippen LogP contribution in [0.5, 0.6) is 11.5 Å². The van der Waals surface area contributed by atoms with Crippen LogP contribution in [0, 0.1) is 0 Å². The van der Waals surface area contributed by atoms with Gasteiger partial charge in [0.15, 0.2) is 0 Å². The van der Waals surface area contributed by atoms with Gasteiger partial charge >= 0.3 is 0 Å². The Morgan fingerprint density at radius 2 is 0.764 bits per heavy atom. The van der Waals surface area contributed by atoms with E-state index in [4.69, 9.17) is 4.74 Å². The summed E-state index contributed by atoms with van der Waals surface area (Å²) in [4.78, 5) is 0. The van der Waals surface area contributed by atoms with Gasteiger partial charge < -0.3 is 4.74 Å². The molecule has 1 nitrogen and oxygen atoms in total. The third kappa shape index (κ3) is 3.97. The fraction of sp³-hybridized carbons (Fsp3) is 0.0370. The molecule has 1 unspecified atom stereocenters. The average molecular weight is 699 g/mol. The number of benzene rings is 9. The van der Waals surface area contributed by atoms with Gasteiger partial charge in [-0.1, -0.05) is 176 Å². The largest absolute Gasteiger partial charge is 0.457 e. The second-order valence-electron chi connectivity index (χ2n) is 15.1. The molecule has 0 radical (unpaired) electrons. The van der Waals surface area contributed by atoms with Crippen LogP contribution in [0.15, 0.2) is 206 Å². The van der Waals surface area contributed by atoms with Gasteiger partial charge in [0.2, 0.25) is 0 Å². The normalized spacial score (nSPS) is 16.4. The minimum absolute atomic E-state index is 0.433. The molecule has 0 aromatic heterocycles. The maximum Gasteiger partial charge on any atom is 0.132 e. The van der Waals surface area contributed by atoms with E-state index in [9.17, 15) is 0 Å². The van der Waals surface area contributed by atoms with Crippen molar-refractivity contribution < 1.29 is 4.74 Å². The number of fused-ring (bicyclic) bond motifs is 13. The lowest BCUT2D eigenvalue weighted by atomic mass is 9.63. The molecule has 55 heavy (non-hydrogen) atoms. The summed E-state index contributed by atoms with van der Waals surface area (Å²) in [5.41, 5.74) is 16.7. The molecular formula is C54H34O. The van der Waals surface area contributed by atoms with E-state index >= 15 is 0 Å². The van der Waals surface area contributed by atoms with Gasteiger partial charge in [-0.3, -0.25) is 0 Å². The van der Waals surface area contributed by atoms with Gasteiger partial charge in [-0.2, -0.15) is 0 Å². The Labute approximate surface area is 320 Å². The lowest BCUT2D eigenvalue weighted by Crippen LogP contribution is -2.34. The minimum atomic E-state index is -0.547. The van der Waals surface area contributed by atoms with Crippen molar-refractivity contribution in [2.24, 2.45) is 0 Å². The molecular weight excluding hydrogens is 665 g/mol. The number of ether oxygens (including phenoxy) is 1. The van der Waals surface area contributed by atoms with Crippen LogP contribution in [-0.4, -0.2) is 0 Å². The third-order valence-electron chi connectivity index (χ3n) is 12.6. The molecule has 1 heterocycles. The molecule has 256 valence electrons. The highest BCUT2D eigenvalue weighted by Gasteiger charge is 2.52. The van der Waals surface area contributed by atoms with E-state index in [0.717, 1.165) is 28.2 Å². The summed E-state index contributed by atoms with van der Waals surface area (Å²) >= 11 is 0. The first-order valence-electron chi connectivity index (χ1n) is 19.2. The fourth-order valence-corrected chi connectivity index (χ4v) is 10.4. The topological polar surface area (TPSA) is 9.23 Å². The predicted octanol–water partition coefficient (Wildman–Crippen LogP) is 13.3. The van der Waals surface area contributed by atoms with Crippen molar-refractivity contribution in [2.75, 3.05) is 0 Å². The highest BCUT2D eigenvalue weighted by Crippen LogP contribution is 2.64. The maximum absolute atomic E-state index is 6.91. The van der Waals surface area contributed by atoms with Crippen molar-refractivity contribution in [3.8, 4) is 44.9 Å². The summed E-state index contributed by atoms with van der Waals surface area (Å²) in [6.45, 7) is 0. The van der Waals surface area contributed by atoms with Crippen LogP contribution in [0.4, 0.5) is 0 Å². The lowest BCUT2D eigenvalue weighted by Gasteiger charge is -2.41. The molecule has 9 aromatic rings. The number of hydrogen-bond acceptors (Lipinski definition) is 1. The third-order valence-corrected chi connectivity index (χ3v) is 12.6. The minimum Gasteiger partial charge on any atom is -0.457 e. The average Bonchev–Trinajstić information content (AvgIpc) is 3.71. The van der Waals surface area contributed by atoms with Crippen molar-refractivity contribution in [3.63, 3.8) is 0 Å². The van der Waals surface area contributed by atoms with Crippen LogP contribution in [0.1, 0.15) is 44.5 Å². The Morgan fingerprint density at radius 1 is 0.273 bits per heavy atom. The van der Waals surface area contributed by atoms with Crippen molar-refractivity contribution in [1.29, 1.82) is 0 Å². The first kappa shape index (κ1) is 30.5. The summed E-state index contributed by atoms with van der Waals surface area (Å²) < 4.78 is 6.91. The van der Waals surface area contributed by atoms with Gasteiger partial charge in [0, 0.05) is 11.1 Å². The van der Waals surface area contributed by atoms with Crippen LogP contribution in [0.3, 0.4) is 0 Å². The first-order valence-corrected chi connectivity index (χ1v) is 19.2. The standard InChI is InChI=1S/C54H34O/c1-3-17-39(18-4-1)53(40-19-5-2-6-20-40)47-25-13-14-26-51(47)55-52-34-38(28-30-48(52)53)37-27-29-43-41-21-9-11-23-45(41)54(49(43)33-37)46-24-12-10-22-42(46)44-31-35-15-7-8-16-36(35)32-50(44)54/h1-34H. The second kappa shape index (κ2) is 11.3. The highest BCUT2D eigenvalue weighted by molar-refractivity contribution is 6.00. The maximum atomic E-state index is 6.91. The molecule has 0 saturated heterocycles. The number of hydrogen-bond donors (Lipinski definition) is 0. The van der Waals surface area contributed by atoms with Crippen molar-refractivity contribution in [3.05, 3.63) is 251 Å². The zero-order chi connectivity index (χ0) is 36.1. The molecule has 0 amide bonds. The van der Waals surface area contributed by atoms with Gasteiger partial charge in [0.1, 0.15) is 11.5 Å². The molecule has 1 aliphatic heterocycles. The molecule has 1 spiro atoms. The van der Waals surface area contributed by atoms with E-state index in [0.29, 0.717) is 0 Å². The van der Waals surface area contributed by atoms with Crippen LogP contribution in [-0.2, 0) is 10.8 Å². The Morgan fingerprint density at radius 3 is 1.47 bits per heavy atom. The Balaban J connectivity index is 1.10. The van der Waals surface area contributed by atoms with E-state index in [2.05, 4.69) is 206 Å². The predicted molar refractivity (Wildman–Crippen MR) is 224 cm³/mol. The van der Waals surface area contributed by atoms with Gasteiger partial charge in [0.25, 0.3) is 0 Å². The zero-order valence-corrected chi connectivity index (χ0v) is 30.0. The molecule has 2 aliphatic carbocycles. The van der Waals surface area contributed by atoms with E-state index < -0.39 is 10.8 Å². The summed E-state index contributed by atoms with van der Waals surface area (Å²) in [6, 6.07) is 76.1. The lowest BCUT2D eigenvalue weighted by molar-refractivity contribution is 0.435. The zero-order valence-electron chi connectivity index (χ0n) is 30.0. The molecule has 0 fully saturated rings. The SMILES string of the molecule is c1ccc(C2(c3ccccc3)c3ccccc3Oc3cc(-c4ccc5c(c4)C4(c6ccccc6-5)c5ccccc5-c5cc6ccccc6cc54)ccc32)cc1. The highest BCUT2D eigenvalue weighted by atomic mass is 16.5. The van der Waals surface area contributed by atoms with Gasteiger partial charge in [-0.25, -0.2) is 0 Å². The Bertz CT molecular complexity index is 2970. The Kier molecular flexibility index (Phi) is 6.25. The Hall–Kier alpha value is -6.96. The van der Waals surface area contributed by atoms with Gasteiger partial charge in [-0.05, 0) is 108 Å². The van der Waals surface area contributed by atoms with Crippen molar-refractivity contribution in [1.82, 2.24) is 0 Å². The van der Waals surface area contributed by atoms with E-state index in [-0.39, 0.29) is 0 Å². The molecule has 0 N–H and O–H groups in total. The van der Waals surface area contributed by atoms with E-state index in [1.54, 1.807) is 0 Å². The summed E-state index contributed by atoms with van der Waals surface area (Å²) in [6.07, 6.45) is 0. The quantitative estimate of drug-likeness (QED) is 0.178. The molecule has 12 rings (SSSR count). The first-order chi connectivity index (χ1) is 27.3. The van der Waals surface area contributed by atoms with Crippen LogP contribution < -0.4 is 4.74 Å². The van der Waals surface area contributed by atoms with E-state index in [1.807, 2.05) is 0 Å². The molecule has 0 bridgehead atoms. The fourth-order valence-electron chi connectivity index (χ4n) is 10.4. The molecule has 1 atom stereocenters. The number of rotatable bonds is 3. The molecule has 3 aliphatic rings. The smallest absolute Gasteiger partial charge is 0.132 e. The number of para-hydroxylation sites is 1. The van der Waals surface area contributed by atoms with Crippen LogP contribution in [0.25, 0.3) is 44.2 Å². The van der Waals surface area contributed by atoms with Crippen LogP contribution in [0.2, 0.25) is 0 Å².